The molecule has 1 nitrogen and oxygen atoms in total. The second kappa shape index (κ2) is 3.29. The highest BCUT2D eigenvalue weighted by atomic mass is 19.3. The van der Waals surface area contributed by atoms with Crippen molar-refractivity contribution in [3.8, 4) is 0 Å². The SMILES string of the molecule is CC(NCC1CC1(C)C)C(F)F. The lowest BCUT2D eigenvalue weighted by Crippen LogP contribution is -2.34. The number of alkyl halides is 2. The maximum Gasteiger partial charge on any atom is 0.253 e. The predicted octanol–water partition coefficient (Wildman–Crippen LogP) is 2.28. The van der Waals surface area contributed by atoms with Crippen LogP contribution in [0.4, 0.5) is 8.78 Å². The van der Waals surface area contributed by atoms with Gasteiger partial charge in [0.05, 0.1) is 6.04 Å². The van der Waals surface area contributed by atoms with E-state index in [9.17, 15) is 8.78 Å². The van der Waals surface area contributed by atoms with Crippen molar-refractivity contribution in [3.05, 3.63) is 0 Å². The van der Waals surface area contributed by atoms with Crippen molar-refractivity contribution in [3.63, 3.8) is 0 Å². The van der Waals surface area contributed by atoms with Crippen LogP contribution in [0.5, 0.6) is 0 Å². The second-order valence-corrected chi connectivity index (χ2v) is 4.42. The number of hydrogen-bond acceptors (Lipinski definition) is 1. The molecule has 0 aromatic rings. The molecule has 0 spiro atoms. The zero-order valence-electron chi connectivity index (χ0n) is 7.90. The molecule has 0 aliphatic heterocycles. The van der Waals surface area contributed by atoms with Crippen LogP contribution >= 0.6 is 0 Å². The van der Waals surface area contributed by atoms with Crippen molar-refractivity contribution < 1.29 is 8.78 Å². The van der Waals surface area contributed by atoms with Gasteiger partial charge in [-0.1, -0.05) is 13.8 Å². The summed E-state index contributed by atoms with van der Waals surface area (Å²) in [7, 11) is 0. The van der Waals surface area contributed by atoms with Crippen molar-refractivity contribution >= 4 is 0 Å². The molecule has 0 amide bonds. The first-order valence-corrected chi connectivity index (χ1v) is 4.45. The largest absolute Gasteiger partial charge is 0.309 e. The van der Waals surface area contributed by atoms with E-state index in [1.54, 1.807) is 0 Å². The summed E-state index contributed by atoms with van der Waals surface area (Å²) in [4.78, 5) is 0. The lowest BCUT2D eigenvalue weighted by Gasteiger charge is -2.12. The summed E-state index contributed by atoms with van der Waals surface area (Å²) in [6.45, 7) is 6.61. The highest BCUT2D eigenvalue weighted by molar-refractivity contribution is 4.96. The third-order valence-corrected chi connectivity index (χ3v) is 2.78. The molecule has 12 heavy (non-hydrogen) atoms. The molecule has 2 atom stereocenters. The smallest absolute Gasteiger partial charge is 0.253 e. The van der Waals surface area contributed by atoms with Gasteiger partial charge < -0.3 is 5.32 Å². The Bertz CT molecular complexity index is 155. The molecule has 1 N–H and O–H groups in total. The average molecular weight is 177 g/mol. The summed E-state index contributed by atoms with van der Waals surface area (Å²) >= 11 is 0. The first kappa shape index (κ1) is 9.90. The van der Waals surface area contributed by atoms with Gasteiger partial charge in [-0.15, -0.1) is 0 Å². The fraction of sp³-hybridized carbons (Fsp3) is 1.00. The molecule has 0 aromatic heterocycles. The van der Waals surface area contributed by atoms with Gasteiger partial charge in [-0.3, -0.25) is 0 Å². The van der Waals surface area contributed by atoms with Crippen LogP contribution in [-0.2, 0) is 0 Å². The Labute approximate surface area is 72.5 Å². The Morgan fingerprint density at radius 2 is 2.00 bits per heavy atom. The van der Waals surface area contributed by atoms with E-state index in [1.807, 2.05) is 0 Å². The molecular weight excluding hydrogens is 160 g/mol. The highest BCUT2D eigenvalue weighted by Gasteiger charge is 2.45. The summed E-state index contributed by atoms with van der Waals surface area (Å²) < 4.78 is 24.1. The first-order valence-electron chi connectivity index (χ1n) is 4.45. The minimum atomic E-state index is -2.24. The van der Waals surface area contributed by atoms with Crippen LogP contribution in [0, 0.1) is 11.3 Å². The molecule has 1 aliphatic carbocycles. The van der Waals surface area contributed by atoms with Crippen LogP contribution in [0.1, 0.15) is 27.2 Å². The monoisotopic (exact) mass is 177 g/mol. The molecule has 0 bridgehead atoms. The molecule has 1 rings (SSSR count). The Hall–Kier alpha value is -0.180. The summed E-state index contributed by atoms with van der Waals surface area (Å²) in [5, 5.41) is 2.85. The minimum Gasteiger partial charge on any atom is -0.309 e. The van der Waals surface area contributed by atoms with Gasteiger partial charge in [0.25, 0.3) is 6.43 Å². The van der Waals surface area contributed by atoms with Gasteiger partial charge >= 0.3 is 0 Å². The van der Waals surface area contributed by atoms with Crippen molar-refractivity contribution in [2.75, 3.05) is 6.54 Å². The van der Waals surface area contributed by atoms with Crippen LogP contribution in [-0.4, -0.2) is 19.0 Å². The molecule has 0 radical (unpaired) electrons. The Balaban J connectivity index is 2.11. The molecule has 72 valence electrons. The van der Waals surface area contributed by atoms with Crippen LogP contribution in [0.15, 0.2) is 0 Å². The molecule has 1 aliphatic rings. The van der Waals surface area contributed by atoms with E-state index in [2.05, 4.69) is 19.2 Å². The molecule has 0 heterocycles. The third kappa shape index (κ3) is 2.41. The zero-order chi connectivity index (χ0) is 9.35. The van der Waals surface area contributed by atoms with E-state index < -0.39 is 12.5 Å². The van der Waals surface area contributed by atoms with Gasteiger partial charge in [-0.2, -0.15) is 0 Å². The summed E-state index contributed by atoms with van der Waals surface area (Å²) in [5.74, 6) is 0.596. The van der Waals surface area contributed by atoms with Gasteiger partial charge in [0.15, 0.2) is 0 Å². The van der Waals surface area contributed by atoms with Crippen LogP contribution in [0.3, 0.4) is 0 Å². The Morgan fingerprint density at radius 1 is 1.50 bits per heavy atom. The fourth-order valence-electron chi connectivity index (χ4n) is 1.34. The Morgan fingerprint density at radius 3 is 2.33 bits per heavy atom. The van der Waals surface area contributed by atoms with Crippen LogP contribution in [0.2, 0.25) is 0 Å². The number of rotatable bonds is 4. The summed E-state index contributed by atoms with van der Waals surface area (Å²) in [6.07, 6.45) is -1.08. The number of nitrogens with one attached hydrogen (secondary N) is 1. The van der Waals surface area contributed by atoms with E-state index in [0.717, 1.165) is 13.0 Å². The van der Waals surface area contributed by atoms with Gasteiger partial charge in [-0.25, -0.2) is 8.78 Å². The quantitative estimate of drug-likeness (QED) is 0.694. The van der Waals surface area contributed by atoms with E-state index >= 15 is 0 Å². The molecular formula is C9H17F2N. The van der Waals surface area contributed by atoms with E-state index in [1.165, 1.54) is 6.92 Å². The lowest BCUT2D eigenvalue weighted by molar-refractivity contribution is 0.105. The van der Waals surface area contributed by atoms with Crippen molar-refractivity contribution in [2.45, 2.75) is 39.7 Å². The second-order valence-electron chi connectivity index (χ2n) is 4.42. The van der Waals surface area contributed by atoms with Crippen molar-refractivity contribution in [2.24, 2.45) is 11.3 Å². The van der Waals surface area contributed by atoms with Gasteiger partial charge in [-0.05, 0) is 31.2 Å². The van der Waals surface area contributed by atoms with Gasteiger partial charge in [0.2, 0.25) is 0 Å². The lowest BCUT2D eigenvalue weighted by atomic mass is 10.1. The fourth-order valence-corrected chi connectivity index (χ4v) is 1.34. The van der Waals surface area contributed by atoms with Gasteiger partial charge in [0, 0.05) is 0 Å². The molecule has 2 unspecified atom stereocenters. The van der Waals surface area contributed by atoms with Crippen LogP contribution < -0.4 is 5.32 Å². The van der Waals surface area contributed by atoms with E-state index in [-0.39, 0.29) is 0 Å². The topological polar surface area (TPSA) is 12.0 Å². The van der Waals surface area contributed by atoms with E-state index in [0.29, 0.717) is 11.3 Å². The Kier molecular flexibility index (Phi) is 2.71. The highest BCUT2D eigenvalue weighted by Crippen LogP contribution is 2.51. The maximum absolute atomic E-state index is 12.0. The molecule has 1 saturated carbocycles. The summed E-state index contributed by atoms with van der Waals surface area (Å²) in [6, 6.07) is -0.665. The minimum absolute atomic E-state index is 0.384. The maximum atomic E-state index is 12.0. The van der Waals surface area contributed by atoms with Gasteiger partial charge in [0.1, 0.15) is 0 Å². The van der Waals surface area contributed by atoms with E-state index in [4.69, 9.17) is 0 Å². The number of halogens is 2. The van der Waals surface area contributed by atoms with Crippen molar-refractivity contribution in [1.82, 2.24) is 5.32 Å². The average Bonchev–Trinajstić information content (AvgIpc) is 2.54. The standard InChI is InChI=1S/C9H17F2N/c1-6(8(10)11)12-5-7-4-9(7,2)3/h6-8,12H,4-5H2,1-3H3. The normalized spacial score (nSPS) is 29.0. The molecule has 0 aromatic carbocycles. The number of hydrogen-bond donors (Lipinski definition) is 1. The molecule has 3 heteroatoms. The van der Waals surface area contributed by atoms with Crippen LogP contribution in [0.25, 0.3) is 0 Å². The van der Waals surface area contributed by atoms with Crippen molar-refractivity contribution in [1.29, 1.82) is 0 Å². The molecule has 1 fully saturated rings. The third-order valence-electron chi connectivity index (χ3n) is 2.78. The zero-order valence-corrected chi connectivity index (χ0v) is 7.90. The predicted molar refractivity (Wildman–Crippen MR) is 45.4 cm³/mol. The first-order chi connectivity index (χ1) is 5.43. The molecule has 0 saturated heterocycles. The summed E-state index contributed by atoms with van der Waals surface area (Å²) in [5.41, 5.74) is 0.384.